The summed E-state index contributed by atoms with van der Waals surface area (Å²) in [5.41, 5.74) is 0. The van der Waals surface area contributed by atoms with Crippen molar-refractivity contribution in [3.05, 3.63) is 24.3 Å². The van der Waals surface area contributed by atoms with Gasteiger partial charge in [-0.3, -0.25) is 24.4 Å². The SMILES string of the molecule is O=C1CCC(NC(=O)CCNSc2ccc(OC(F)(F)F)cc2)C(=O)N1. The van der Waals surface area contributed by atoms with Crippen LogP contribution in [0.15, 0.2) is 29.2 Å². The van der Waals surface area contributed by atoms with Crippen molar-refractivity contribution < 1.29 is 32.3 Å². The van der Waals surface area contributed by atoms with E-state index in [9.17, 15) is 27.6 Å². The van der Waals surface area contributed by atoms with Gasteiger partial charge < -0.3 is 10.1 Å². The second-order valence-corrected chi connectivity index (χ2v) is 6.30. The van der Waals surface area contributed by atoms with Crippen LogP contribution in [-0.4, -0.2) is 36.7 Å². The monoisotopic (exact) mass is 391 g/mol. The van der Waals surface area contributed by atoms with Gasteiger partial charge in [0.05, 0.1) is 0 Å². The van der Waals surface area contributed by atoms with Gasteiger partial charge in [0.2, 0.25) is 17.7 Å². The molecule has 3 N–H and O–H groups in total. The molecule has 1 unspecified atom stereocenters. The first kappa shape index (κ1) is 20.0. The highest BCUT2D eigenvalue weighted by molar-refractivity contribution is 7.97. The van der Waals surface area contributed by atoms with Gasteiger partial charge in [0.1, 0.15) is 11.8 Å². The van der Waals surface area contributed by atoms with Crippen LogP contribution in [-0.2, 0) is 14.4 Å². The van der Waals surface area contributed by atoms with Crippen molar-refractivity contribution in [3.8, 4) is 5.75 Å². The van der Waals surface area contributed by atoms with Crippen LogP contribution in [0, 0.1) is 0 Å². The smallest absolute Gasteiger partial charge is 0.406 e. The van der Waals surface area contributed by atoms with E-state index in [1.54, 1.807) is 0 Å². The molecule has 0 saturated carbocycles. The fourth-order valence-electron chi connectivity index (χ4n) is 2.11. The Morgan fingerprint density at radius 1 is 1.27 bits per heavy atom. The predicted octanol–water partition coefficient (Wildman–Crippen LogP) is 1.49. The van der Waals surface area contributed by atoms with E-state index in [1.165, 1.54) is 24.3 Å². The Kier molecular flexibility index (Phi) is 6.86. The van der Waals surface area contributed by atoms with Gasteiger partial charge in [-0.2, -0.15) is 0 Å². The zero-order valence-electron chi connectivity index (χ0n) is 13.4. The third kappa shape index (κ3) is 6.92. The first-order chi connectivity index (χ1) is 12.2. The molecule has 2 rings (SSSR count). The van der Waals surface area contributed by atoms with E-state index in [-0.39, 0.29) is 43.4 Å². The van der Waals surface area contributed by atoms with Crippen molar-refractivity contribution in [1.82, 2.24) is 15.4 Å². The van der Waals surface area contributed by atoms with E-state index in [0.717, 1.165) is 11.9 Å². The minimum atomic E-state index is -4.73. The number of ether oxygens (including phenoxy) is 1. The maximum atomic E-state index is 12.1. The van der Waals surface area contributed by atoms with Crippen molar-refractivity contribution in [3.63, 3.8) is 0 Å². The molecule has 1 fully saturated rings. The van der Waals surface area contributed by atoms with Crippen LogP contribution in [0.25, 0.3) is 0 Å². The summed E-state index contributed by atoms with van der Waals surface area (Å²) in [6, 6.07) is 4.55. The Labute approximate surface area is 151 Å². The summed E-state index contributed by atoms with van der Waals surface area (Å²) in [5, 5.41) is 4.69. The molecule has 0 aliphatic carbocycles. The second-order valence-electron chi connectivity index (χ2n) is 5.34. The molecule has 1 aliphatic heterocycles. The van der Waals surface area contributed by atoms with E-state index in [2.05, 4.69) is 20.1 Å². The van der Waals surface area contributed by atoms with Gasteiger partial charge in [-0.15, -0.1) is 13.2 Å². The number of amides is 3. The molecular weight excluding hydrogens is 375 g/mol. The van der Waals surface area contributed by atoms with Gasteiger partial charge in [-0.1, -0.05) is 0 Å². The minimum absolute atomic E-state index is 0.0972. The number of imide groups is 1. The van der Waals surface area contributed by atoms with Crippen molar-refractivity contribution >= 4 is 29.7 Å². The molecule has 1 aromatic carbocycles. The van der Waals surface area contributed by atoms with E-state index in [4.69, 9.17) is 0 Å². The molecule has 0 bridgehead atoms. The summed E-state index contributed by atoms with van der Waals surface area (Å²) < 4.78 is 42.8. The van der Waals surface area contributed by atoms with Crippen molar-refractivity contribution in [2.75, 3.05) is 6.54 Å². The van der Waals surface area contributed by atoms with Crippen LogP contribution >= 0.6 is 11.9 Å². The maximum Gasteiger partial charge on any atom is 0.573 e. The van der Waals surface area contributed by atoms with E-state index < -0.39 is 18.3 Å². The Hall–Kier alpha value is -2.27. The number of hydrogen-bond donors (Lipinski definition) is 3. The average Bonchev–Trinajstić information content (AvgIpc) is 2.54. The normalized spacial score (nSPS) is 17.6. The Bertz CT molecular complexity index is 667. The van der Waals surface area contributed by atoms with E-state index in [1.807, 2.05) is 0 Å². The van der Waals surface area contributed by atoms with Crippen LogP contribution in [0.3, 0.4) is 0 Å². The molecule has 1 atom stereocenters. The quantitative estimate of drug-likeness (QED) is 0.370. The first-order valence-corrected chi connectivity index (χ1v) is 8.43. The predicted molar refractivity (Wildman–Crippen MR) is 85.9 cm³/mol. The highest BCUT2D eigenvalue weighted by atomic mass is 32.2. The highest BCUT2D eigenvalue weighted by Gasteiger charge is 2.31. The molecule has 0 spiro atoms. The molecule has 7 nitrogen and oxygen atoms in total. The summed E-state index contributed by atoms with van der Waals surface area (Å²) >= 11 is 1.15. The number of alkyl halides is 3. The lowest BCUT2D eigenvalue weighted by Crippen LogP contribution is -2.52. The number of benzene rings is 1. The van der Waals surface area contributed by atoms with E-state index in [0.29, 0.717) is 4.90 Å². The fourth-order valence-corrected chi connectivity index (χ4v) is 2.75. The Morgan fingerprint density at radius 2 is 1.96 bits per heavy atom. The number of piperidine rings is 1. The summed E-state index contributed by atoms with van der Waals surface area (Å²) in [4.78, 5) is 35.0. The highest BCUT2D eigenvalue weighted by Crippen LogP contribution is 2.25. The molecule has 26 heavy (non-hydrogen) atoms. The molecule has 142 valence electrons. The molecule has 3 amide bonds. The number of carbonyl (C=O) groups excluding carboxylic acids is 3. The van der Waals surface area contributed by atoms with Gasteiger partial charge >= 0.3 is 6.36 Å². The number of rotatable bonds is 7. The van der Waals surface area contributed by atoms with Crippen LogP contribution in [0.4, 0.5) is 13.2 Å². The summed E-state index contributed by atoms with van der Waals surface area (Å²) in [5.74, 6) is -1.53. The molecule has 0 aromatic heterocycles. The number of halogens is 3. The Morgan fingerprint density at radius 3 is 2.58 bits per heavy atom. The van der Waals surface area contributed by atoms with Crippen LogP contribution < -0.4 is 20.1 Å². The average molecular weight is 391 g/mol. The molecule has 1 aliphatic rings. The van der Waals surface area contributed by atoms with Crippen LogP contribution in [0.5, 0.6) is 5.75 Å². The Balaban J connectivity index is 1.66. The van der Waals surface area contributed by atoms with Crippen LogP contribution in [0.1, 0.15) is 19.3 Å². The molecule has 0 radical (unpaired) electrons. The largest absolute Gasteiger partial charge is 0.573 e. The third-order valence-corrected chi connectivity index (χ3v) is 4.13. The third-order valence-electron chi connectivity index (χ3n) is 3.28. The van der Waals surface area contributed by atoms with Crippen molar-refractivity contribution in [2.45, 2.75) is 36.6 Å². The number of hydrogen-bond acceptors (Lipinski definition) is 6. The number of nitrogens with one attached hydrogen (secondary N) is 3. The molecule has 1 heterocycles. The standard InChI is InChI=1S/C15H16F3N3O4S/c16-15(17,18)25-9-1-3-10(4-2-9)26-19-8-7-13(23)20-11-5-6-12(22)21-14(11)24/h1-4,11,19H,5-8H2,(H,20,23)(H,21,22,24). The minimum Gasteiger partial charge on any atom is -0.406 e. The summed E-state index contributed by atoms with van der Waals surface area (Å²) in [6.45, 7) is 0.282. The zero-order valence-corrected chi connectivity index (χ0v) is 14.2. The van der Waals surface area contributed by atoms with Gasteiger partial charge in [0, 0.05) is 24.3 Å². The topological polar surface area (TPSA) is 96.5 Å². The fraction of sp³-hybridized carbons (Fsp3) is 0.400. The maximum absolute atomic E-state index is 12.1. The molecule has 1 aromatic rings. The van der Waals surface area contributed by atoms with Gasteiger partial charge in [0.25, 0.3) is 0 Å². The first-order valence-electron chi connectivity index (χ1n) is 7.61. The van der Waals surface area contributed by atoms with Crippen molar-refractivity contribution in [1.29, 1.82) is 0 Å². The van der Waals surface area contributed by atoms with Crippen molar-refractivity contribution in [2.24, 2.45) is 0 Å². The lowest BCUT2D eigenvalue weighted by Gasteiger charge is -2.21. The number of carbonyl (C=O) groups is 3. The van der Waals surface area contributed by atoms with Gasteiger partial charge in [0.15, 0.2) is 0 Å². The lowest BCUT2D eigenvalue weighted by atomic mass is 10.1. The zero-order chi connectivity index (χ0) is 19.2. The lowest BCUT2D eigenvalue weighted by molar-refractivity contribution is -0.274. The van der Waals surface area contributed by atoms with Gasteiger partial charge in [-0.25, -0.2) is 0 Å². The van der Waals surface area contributed by atoms with Crippen LogP contribution in [0.2, 0.25) is 0 Å². The second kappa shape index (κ2) is 8.90. The molecule has 1 saturated heterocycles. The molecule has 11 heteroatoms. The van der Waals surface area contributed by atoms with E-state index >= 15 is 0 Å². The summed E-state index contributed by atoms with van der Waals surface area (Å²) in [6.07, 6.45) is -4.19. The van der Waals surface area contributed by atoms with Gasteiger partial charge in [-0.05, 0) is 42.6 Å². The molecular formula is C15H16F3N3O4S. The summed E-state index contributed by atoms with van der Waals surface area (Å²) in [7, 11) is 0.